The van der Waals surface area contributed by atoms with Crippen LogP contribution in [0.1, 0.15) is 16.1 Å². The number of carbonyl (C=O) groups is 1. The van der Waals surface area contributed by atoms with Crippen molar-refractivity contribution < 1.29 is 14.3 Å². The van der Waals surface area contributed by atoms with E-state index < -0.39 is 0 Å². The number of hydrogen-bond acceptors (Lipinski definition) is 4. The normalized spacial score (nSPS) is 10.5. The van der Waals surface area contributed by atoms with Gasteiger partial charge in [0, 0.05) is 17.4 Å². The fourth-order valence-corrected chi connectivity index (χ4v) is 2.29. The van der Waals surface area contributed by atoms with Crippen LogP contribution < -0.4 is 5.32 Å². The summed E-state index contributed by atoms with van der Waals surface area (Å²) in [5.74, 6) is 0.835. The van der Waals surface area contributed by atoms with Crippen molar-refractivity contribution >= 4 is 23.2 Å². The van der Waals surface area contributed by atoms with Gasteiger partial charge in [-0.2, -0.15) is 0 Å². The molecule has 3 aromatic rings. The zero-order valence-electron chi connectivity index (χ0n) is 12.0. The Balaban J connectivity index is 1.75. The summed E-state index contributed by atoms with van der Waals surface area (Å²) in [6.07, 6.45) is 1.53. The molecule has 23 heavy (non-hydrogen) atoms. The number of aliphatic hydroxyl groups is 1. The van der Waals surface area contributed by atoms with Crippen LogP contribution in [0.5, 0.6) is 0 Å². The number of anilines is 1. The van der Waals surface area contributed by atoms with E-state index in [1.165, 1.54) is 6.20 Å². The highest BCUT2D eigenvalue weighted by Crippen LogP contribution is 2.24. The lowest BCUT2D eigenvalue weighted by atomic mass is 10.1. The molecule has 0 bridgehead atoms. The second-order valence-electron chi connectivity index (χ2n) is 4.80. The lowest BCUT2D eigenvalue weighted by Crippen LogP contribution is -2.12. The second kappa shape index (κ2) is 6.64. The number of nitrogens with one attached hydrogen (secondary N) is 1. The third-order valence-electron chi connectivity index (χ3n) is 3.25. The first kappa shape index (κ1) is 15.3. The number of amides is 1. The first-order valence-corrected chi connectivity index (χ1v) is 7.27. The number of carbonyl (C=O) groups excluding carboxylic acids is 1. The maximum absolute atomic E-state index is 12.2. The van der Waals surface area contributed by atoms with Crippen molar-refractivity contribution in [2.24, 2.45) is 0 Å². The lowest BCUT2D eigenvalue weighted by molar-refractivity contribution is 0.102. The fourth-order valence-electron chi connectivity index (χ4n) is 2.09. The summed E-state index contributed by atoms with van der Waals surface area (Å²) < 4.78 is 5.46. The van der Waals surface area contributed by atoms with Crippen LogP contribution in [0, 0.1) is 0 Å². The Hall–Kier alpha value is -2.63. The van der Waals surface area contributed by atoms with E-state index in [-0.39, 0.29) is 17.7 Å². The molecule has 116 valence electrons. The van der Waals surface area contributed by atoms with Gasteiger partial charge >= 0.3 is 0 Å². The molecule has 1 amide bonds. The molecule has 0 saturated carbocycles. The number of aliphatic hydroxyl groups excluding tert-OH is 1. The van der Waals surface area contributed by atoms with Crippen molar-refractivity contribution in [3.63, 3.8) is 0 Å². The molecule has 5 nitrogen and oxygen atoms in total. The van der Waals surface area contributed by atoms with Crippen molar-refractivity contribution in [1.82, 2.24) is 4.98 Å². The van der Waals surface area contributed by atoms with Crippen molar-refractivity contribution in [3.05, 3.63) is 71.2 Å². The average Bonchev–Trinajstić information content (AvgIpc) is 3.05. The number of benzene rings is 1. The van der Waals surface area contributed by atoms with E-state index in [2.05, 4.69) is 10.3 Å². The lowest BCUT2D eigenvalue weighted by Gasteiger charge is -2.06. The minimum Gasteiger partial charge on any atom is -0.459 e. The van der Waals surface area contributed by atoms with Gasteiger partial charge in [0.15, 0.2) is 0 Å². The van der Waals surface area contributed by atoms with E-state index in [4.69, 9.17) is 21.1 Å². The van der Waals surface area contributed by atoms with E-state index >= 15 is 0 Å². The highest BCUT2D eigenvalue weighted by atomic mass is 35.5. The molecule has 0 unspecified atom stereocenters. The SMILES string of the molecule is O=C(Nc1ccc(-c2ccc(CO)o2)cc1)c1cccnc1Cl. The van der Waals surface area contributed by atoms with Crippen LogP contribution in [0.2, 0.25) is 5.15 Å². The molecule has 2 N–H and O–H groups in total. The Bertz CT molecular complexity index is 828. The van der Waals surface area contributed by atoms with Crippen LogP contribution >= 0.6 is 11.6 Å². The molecule has 2 heterocycles. The molecule has 0 atom stereocenters. The molecule has 3 rings (SSSR count). The van der Waals surface area contributed by atoms with Gasteiger partial charge in [0.25, 0.3) is 5.91 Å². The molecule has 1 aromatic carbocycles. The molecule has 6 heteroatoms. The first-order chi connectivity index (χ1) is 11.2. The number of rotatable bonds is 4. The minimum atomic E-state index is -0.323. The van der Waals surface area contributed by atoms with Crippen LogP contribution in [0.3, 0.4) is 0 Å². The molecular formula is C17H13ClN2O3. The zero-order chi connectivity index (χ0) is 16.2. The monoisotopic (exact) mass is 328 g/mol. The largest absolute Gasteiger partial charge is 0.459 e. The molecule has 0 spiro atoms. The molecule has 0 saturated heterocycles. The van der Waals surface area contributed by atoms with E-state index in [9.17, 15) is 4.79 Å². The predicted molar refractivity (Wildman–Crippen MR) is 87.3 cm³/mol. The Morgan fingerprint density at radius 1 is 1.17 bits per heavy atom. The van der Waals surface area contributed by atoms with E-state index in [1.54, 1.807) is 36.4 Å². The number of halogens is 1. The summed E-state index contributed by atoms with van der Waals surface area (Å²) in [6.45, 7) is -0.139. The van der Waals surface area contributed by atoms with Gasteiger partial charge in [0.1, 0.15) is 23.3 Å². The number of nitrogens with zero attached hydrogens (tertiary/aromatic N) is 1. The number of furan rings is 1. The minimum absolute atomic E-state index is 0.139. The van der Waals surface area contributed by atoms with Gasteiger partial charge < -0.3 is 14.8 Å². The molecule has 0 aliphatic rings. The average molecular weight is 329 g/mol. The summed E-state index contributed by atoms with van der Waals surface area (Å²) in [7, 11) is 0. The highest BCUT2D eigenvalue weighted by Gasteiger charge is 2.11. The molecule has 0 fully saturated rings. The van der Waals surface area contributed by atoms with Crippen LogP contribution in [0.25, 0.3) is 11.3 Å². The molecule has 0 radical (unpaired) electrons. The van der Waals surface area contributed by atoms with Crippen LogP contribution in [-0.4, -0.2) is 16.0 Å². The third-order valence-corrected chi connectivity index (χ3v) is 3.55. The Morgan fingerprint density at radius 3 is 2.61 bits per heavy atom. The van der Waals surface area contributed by atoms with Crippen molar-refractivity contribution in [1.29, 1.82) is 0 Å². The summed E-state index contributed by atoms with van der Waals surface area (Å²) >= 11 is 5.90. The summed E-state index contributed by atoms with van der Waals surface area (Å²) in [5.41, 5.74) is 1.80. The van der Waals surface area contributed by atoms with Gasteiger partial charge in [-0.05, 0) is 48.5 Å². The van der Waals surface area contributed by atoms with Crippen LogP contribution in [0.15, 0.2) is 59.1 Å². The van der Waals surface area contributed by atoms with Gasteiger partial charge in [-0.15, -0.1) is 0 Å². The maximum atomic E-state index is 12.2. The van der Waals surface area contributed by atoms with Gasteiger partial charge in [-0.1, -0.05) is 11.6 Å². The molecule has 2 aromatic heterocycles. The first-order valence-electron chi connectivity index (χ1n) is 6.89. The summed E-state index contributed by atoms with van der Waals surface area (Å²) in [6, 6.07) is 13.9. The highest BCUT2D eigenvalue weighted by molar-refractivity contribution is 6.33. The predicted octanol–water partition coefficient (Wildman–Crippen LogP) is 3.74. The van der Waals surface area contributed by atoms with Crippen molar-refractivity contribution in [3.8, 4) is 11.3 Å². The maximum Gasteiger partial charge on any atom is 0.258 e. The summed E-state index contributed by atoms with van der Waals surface area (Å²) in [4.78, 5) is 16.0. The number of hydrogen-bond donors (Lipinski definition) is 2. The Kier molecular flexibility index (Phi) is 4.41. The van der Waals surface area contributed by atoms with Gasteiger partial charge in [0.2, 0.25) is 0 Å². The van der Waals surface area contributed by atoms with E-state index in [0.29, 0.717) is 22.8 Å². The number of pyridine rings is 1. The molecule has 0 aliphatic heterocycles. The van der Waals surface area contributed by atoms with E-state index in [1.807, 2.05) is 12.1 Å². The molecule has 0 aliphatic carbocycles. The Labute approximate surface area is 137 Å². The van der Waals surface area contributed by atoms with Gasteiger partial charge in [-0.25, -0.2) is 4.98 Å². The second-order valence-corrected chi connectivity index (χ2v) is 5.16. The van der Waals surface area contributed by atoms with Crippen molar-refractivity contribution in [2.45, 2.75) is 6.61 Å². The van der Waals surface area contributed by atoms with Gasteiger partial charge in [-0.3, -0.25) is 4.79 Å². The van der Waals surface area contributed by atoms with Crippen molar-refractivity contribution in [2.75, 3.05) is 5.32 Å². The van der Waals surface area contributed by atoms with Crippen LogP contribution in [0.4, 0.5) is 5.69 Å². The number of aromatic nitrogens is 1. The third kappa shape index (κ3) is 3.41. The van der Waals surface area contributed by atoms with Gasteiger partial charge in [0.05, 0.1) is 5.56 Å². The topological polar surface area (TPSA) is 75.4 Å². The smallest absolute Gasteiger partial charge is 0.258 e. The quantitative estimate of drug-likeness (QED) is 0.715. The zero-order valence-corrected chi connectivity index (χ0v) is 12.7. The Morgan fingerprint density at radius 2 is 1.96 bits per heavy atom. The molecular weight excluding hydrogens is 316 g/mol. The standard InChI is InChI=1S/C17H13ClN2O3/c18-16-14(2-1-9-19-16)17(22)20-12-5-3-11(4-6-12)15-8-7-13(10-21)23-15/h1-9,21H,10H2,(H,20,22). The fraction of sp³-hybridized carbons (Fsp3) is 0.0588. The summed E-state index contributed by atoms with van der Waals surface area (Å²) in [5, 5.41) is 11.9. The van der Waals surface area contributed by atoms with Crippen LogP contribution in [-0.2, 0) is 6.61 Å². The van der Waals surface area contributed by atoms with E-state index in [0.717, 1.165) is 5.56 Å².